The van der Waals surface area contributed by atoms with Gasteiger partial charge in [0, 0.05) is 24.2 Å². The lowest BCUT2D eigenvalue weighted by Gasteiger charge is -2.07. The fraction of sp³-hybridized carbons (Fsp3) is 0.133. The van der Waals surface area contributed by atoms with Crippen molar-refractivity contribution in [2.75, 3.05) is 0 Å². The summed E-state index contributed by atoms with van der Waals surface area (Å²) in [6.07, 6.45) is 0. The van der Waals surface area contributed by atoms with Gasteiger partial charge in [0.25, 0.3) is 0 Å². The van der Waals surface area contributed by atoms with Gasteiger partial charge in [-0.05, 0) is 23.8 Å². The number of hydrogen-bond donors (Lipinski definition) is 2. The van der Waals surface area contributed by atoms with Gasteiger partial charge in [-0.15, -0.1) is 0 Å². The Morgan fingerprint density at radius 2 is 1.84 bits per heavy atom. The molecule has 2 aromatic carbocycles. The van der Waals surface area contributed by atoms with Gasteiger partial charge in [-0.25, -0.2) is 4.39 Å². The van der Waals surface area contributed by atoms with Crippen LogP contribution in [0.15, 0.2) is 48.5 Å². The first-order valence-corrected chi connectivity index (χ1v) is 5.99. The predicted molar refractivity (Wildman–Crippen MR) is 71.9 cm³/mol. The van der Waals surface area contributed by atoms with Crippen LogP contribution in [-0.4, -0.2) is 5.91 Å². The number of halogens is 1. The van der Waals surface area contributed by atoms with Crippen molar-refractivity contribution in [1.29, 1.82) is 0 Å². The Morgan fingerprint density at radius 3 is 2.53 bits per heavy atom. The molecule has 0 atom stereocenters. The van der Waals surface area contributed by atoms with E-state index < -0.39 is 5.91 Å². The van der Waals surface area contributed by atoms with E-state index in [4.69, 9.17) is 5.73 Å². The summed E-state index contributed by atoms with van der Waals surface area (Å²) >= 11 is 0. The first-order valence-electron chi connectivity index (χ1n) is 5.99. The van der Waals surface area contributed by atoms with Crippen molar-refractivity contribution in [1.82, 2.24) is 5.32 Å². The van der Waals surface area contributed by atoms with Crippen LogP contribution in [0.3, 0.4) is 0 Å². The van der Waals surface area contributed by atoms with Crippen LogP contribution < -0.4 is 11.1 Å². The van der Waals surface area contributed by atoms with E-state index in [0.717, 1.165) is 5.56 Å². The first-order chi connectivity index (χ1) is 9.16. The predicted octanol–water partition coefficient (Wildman–Crippen LogP) is 2.21. The lowest BCUT2D eigenvalue weighted by Crippen LogP contribution is -2.16. The molecule has 1 amide bonds. The number of carbonyl (C=O) groups excluding carboxylic acids is 1. The van der Waals surface area contributed by atoms with Crippen molar-refractivity contribution in [2.24, 2.45) is 5.73 Å². The first kappa shape index (κ1) is 13.2. The second-order valence-corrected chi connectivity index (χ2v) is 4.26. The highest BCUT2D eigenvalue weighted by Crippen LogP contribution is 2.10. The van der Waals surface area contributed by atoms with Crippen molar-refractivity contribution < 1.29 is 9.18 Å². The normalized spacial score (nSPS) is 10.4. The Balaban J connectivity index is 1.99. The van der Waals surface area contributed by atoms with Crippen LogP contribution in [0, 0.1) is 5.82 Å². The number of rotatable bonds is 5. The monoisotopic (exact) mass is 258 g/mol. The SMILES string of the molecule is NC(=O)c1ccc(F)c(CNCc2ccccc2)c1. The molecule has 0 aliphatic carbocycles. The van der Waals surface area contributed by atoms with Gasteiger partial charge in [0.05, 0.1) is 0 Å². The van der Waals surface area contributed by atoms with Gasteiger partial charge in [-0.1, -0.05) is 30.3 Å². The maximum Gasteiger partial charge on any atom is 0.248 e. The van der Waals surface area contributed by atoms with E-state index in [1.165, 1.54) is 18.2 Å². The fourth-order valence-corrected chi connectivity index (χ4v) is 1.80. The van der Waals surface area contributed by atoms with Gasteiger partial charge in [0.1, 0.15) is 5.82 Å². The number of primary amides is 1. The molecule has 0 spiro atoms. The van der Waals surface area contributed by atoms with Crippen molar-refractivity contribution in [3.63, 3.8) is 0 Å². The van der Waals surface area contributed by atoms with Crippen LogP contribution in [0.25, 0.3) is 0 Å². The van der Waals surface area contributed by atoms with Crippen molar-refractivity contribution in [3.05, 3.63) is 71.0 Å². The Bertz CT molecular complexity index is 570. The molecular weight excluding hydrogens is 243 g/mol. The third-order valence-corrected chi connectivity index (χ3v) is 2.82. The fourth-order valence-electron chi connectivity index (χ4n) is 1.80. The highest BCUT2D eigenvalue weighted by Gasteiger charge is 2.06. The third-order valence-electron chi connectivity index (χ3n) is 2.82. The number of nitrogens with two attached hydrogens (primary N) is 1. The minimum Gasteiger partial charge on any atom is -0.366 e. The van der Waals surface area contributed by atoms with Gasteiger partial charge in [-0.2, -0.15) is 0 Å². The molecule has 0 saturated heterocycles. The molecule has 2 rings (SSSR count). The van der Waals surface area contributed by atoms with Crippen LogP contribution in [0.5, 0.6) is 0 Å². The molecular formula is C15H15FN2O. The number of amides is 1. The largest absolute Gasteiger partial charge is 0.366 e. The molecule has 0 unspecified atom stereocenters. The van der Waals surface area contributed by atoms with Gasteiger partial charge in [-0.3, -0.25) is 4.79 Å². The van der Waals surface area contributed by atoms with Crippen LogP contribution in [0.4, 0.5) is 4.39 Å². The van der Waals surface area contributed by atoms with Crippen LogP contribution >= 0.6 is 0 Å². The Kier molecular flexibility index (Phi) is 4.26. The molecule has 3 N–H and O–H groups in total. The Labute approximate surface area is 111 Å². The van der Waals surface area contributed by atoms with Gasteiger partial charge < -0.3 is 11.1 Å². The average molecular weight is 258 g/mol. The van der Waals surface area contributed by atoms with Crippen molar-refractivity contribution in [3.8, 4) is 0 Å². The number of nitrogens with one attached hydrogen (secondary N) is 1. The summed E-state index contributed by atoms with van der Waals surface area (Å²) in [5.41, 5.74) is 7.04. The summed E-state index contributed by atoms with van der Waals surface area (Å²) < 4.78 is 13.6. The van der Waals surface area contributed by atoms with E-state index in [1.54, 1.807) is 0 Å². The molecule has 0 saturated carbocycles. The quantitative estimate of drug-likeness (QED) is 0.864. The van der Waals surface area contributed by atoms with E-state index >= 15 is 0 Å². The molecule has 0 bridgehead atoms. The Morgan fingerprint density at radius 1 is 1.11 bits per heavy atom. The van der Waals surface area contributed by atoms with E-state index in [1.807, 2.05) is 30.3 Å². The summed E-state index contributed by atoms with van der Waals surface area (Å²) in [5.74, 6) is -0.894. The smallest absolute Gasteiger partial charge is 0.248 e. The van der Waals surface area contributed by atoms with E-state index in [0.29, 0.717) is 24.2 Å². The van der Waals surface area contributed by atoms with Crippen molar-refractivity contribution in [2.45, 2.75) is 13.1 Å². The second kappa shape index (κ2) is 6.11. The molecule has 0 aliphatic heterocycles. The number of benzene rings is 2. The van der Waals surface area contributed by atoms with E-state index in [2.05, 4.69) is 5.32 Å². The zero-order valence-electron chi connectivity index (χ0n) is 10.4. The third kappa shape index (κ3) is 3.63. The molecule has 0 fully saturated rings. The summed E-state index contributed by atoms with van der Waals surface area (Å²) in [6.45, 7) is 0.989. The minimum atomic E-state index is -0.552. The molecule has 2 aromatic rings. The van der Waals surface area contributed by atoms with Gasteiger partial charge in [0.15, 0.2) is 0 Å². The average Bonchev–Trinajstić information content (AvgIpc) is 2.42. The maximum absolute atomic E-state index is 13.6. The second-order valence-electron chi connectivity index (χ2n) is 4.26. The zero-order chi connectivity index (χ0) is 13.7. The van der Waals surface area contributed by atoms with Gasteiger partial charge in [0.2, 0.25) is 5.91 Å². The van der Waals surface area contributed by atoms with Crippen LogP contribution in [0.1, 0.15) is 21.5 Å². The molecule has 98 valence electrons. The topological polar surface area (TPSA) is 55.1 Å². The van der Waals surface area contributed by atoms with E-state index in [-0.39, 0.29) is 5.82 Å². The maximum atomic E-state index is 13.6. The molecule has 0 aromatic heterocycles. The molecule has 4 heteroatoms. The van der Waals surface area contributed by atoms with Crippen molar-refractivity contribution >= 4 is 5.91 Å². The summed E-state index contributed by atoms with van der Waals surface area (Å²) in [7, 11) is 0. The summed E-state index contributed by atoms with van der Waals surface area (Å²) in [6, 6.07) is 14.0. The number of carbonyl (C=O) groups is 1. The van der Waals surface area contributed by atoms with Crippen LogP contribution in [0.2, 0.25) is 0 Å². The molecule has 3 nitrogen and oxygen atoms in total. The molecule has 0 radical (unpaired) electrons. The zero-order valence-corrected chi connectivity index (χ0v) is 10.4. The highest BCUT2D eigenvalue weighted by atomic mass is 19.1. The van der Waals surface area contributed by atoms with E-state index in [9.17, 15) is 9.18 Å². The standard InChI is InChI=1S/C15H15FN2O/c16-14-7-6-12(15(17)19)8-13(14)10-18-9-11-4-2-1-3-5-11/h1-8,18H,9-10H2,(H2,17,19). The lowest BCUT2D eigenvalue weighted by molar-refractivity contribution is 0.1000. The Hall–Kier alpha value is -2.20. The molecule has 19 heavy (non-hydrogen) atoms. The van der Waals surface area contributed by atoms with Gasteiger partial charge >= 0.3 is 0 Å². The number of hydrogen-bond acceptors (Lipinski definition) is 2. The summed E-state index contributed by atoms with van der Waals surface area (Å²) in [4.78, 5) is 11.0. The lowest BCUT2D eigenvalue weighted by atomic mass is 10.1. The molecule has 0 heterocycles. The van der Waals surface area contributed by atoms with Crippen LogP contribution in [-0.2, 0) is 13.1 Å². The molecule has 0 aliphatic rings. The highest BCUT2D eigenvalue weighted by molar-refractivity contribution is 5.92. The summed E-state index contributed by atoms with van der Waals surface area (Å²) in [5, 5.41) is 3.13. The minimum absolute atomic E-state index is 0.318.